The molecule has 0 aliphatic carbocycles. The van der Waals surface area contributed by atoms with Gasteiger partial charge in [0.2, 0.25) is 0 Å². The summed E-state index contributed by atoms with van der Waals surface area (Å²) in [4.78, 5) is 7.65. The van der Waals surface area contributed by atoms with Gasteiger partial charge in [-0.05, 0) is 48.0 Å². The zero-order valence-corrected chi connectivity index (χ0v) is 20.2. The van der Waals surface area contributed by atoms with E-state index in [9.17, 15) is 21.6 Å². The largest absolute Gasteiger partial charge is 0.383 e. The summed E-state index contributed by atoms with van der Waals surface area (Å²) in [6, 6.07) is 6.79. The van der Waals surface area contributed by atoms with Crippen LogP contribution in [0.25, 0.3) is 21.7 Å². The maximum absolute atomic E-state index is 15.6. The molecule has 2 N–H and O–H groups in total. The van der Waals surface area contributed by atoms with Crippen molar-refractivity contribution in [3.8, 4) is 21.7 Å². The van der Waals surface area contributed by atoms with Crippen LogP contribution in [0.2, 0.25) is 0 Å². The fourth-order valence-corrected chi connectivity index (χ4v) is 5.41. The SMILES string of the molecule is COCCNc1nc(-c2c(F)ccc(NS(=O)(=O)c3cc(F)ccc3F)c2F)c(-c2ccncc2)s1. The van der Waals surface area contributed by atoms with Gasteiger partial charge in [0.15, 0.2) is 10.9 Å². The lowest BCUT2D eigenvalue weighted by atomic mass is 10.1. The van der Waals surface area contributed by atoms with Crippen molar-refractivity contribution in [1.29, 1.82) is 0 Å². The second-order valence-electron chi connectivity index (χ2n) is 7.32. The molecule has 188 valence electrons. The third kappa shape index (κ3) is 5.32. The Bertz CT molecular complexity index is 1500. The topological polar surface area (TPSA) is 93.2 Å². The average Bonchev–Trinajstić information content (AvgIpc) is 3.27. The van der Waals surface area contributed by atoms with Crippen molar-refractivity contribution in [2.45, 2.75) is 4.90 Å². The second-order valence-corrected chi connectivity index (χ2v) is 9.97. The molecule has 0 atom stereocenters. The number of rotatable bonds is 9. The van der Waals surface area contributed by atoms with E-state index in [-0.39, 0.29) is 5.69 Å². The zero-order valence-electron chi connectivity index (χ0n) is 18.6. The Morgan fingerprint density at radius 3 is 2.44 bits per heavy atom. The van der Waals surface area contributed by atoms with E-state index in [0.717, 1.165) is 29.5 Å². The number of nitrogens with one attached hydrogen (secondary N) is 2. The maximum atomic E-state index is 15.6. The first-order chi connectivity index (χ1) is 17.2. The van der Waals surface area contributed by atoms with Gasteiger partial charge in [-0.3, -0.25) is 9.71 Å². The van der Waals surface area contributed by atoms with Crippen molar-refractivity contribution in [1.82, 2.24) is 9.97 Å². The van der Waals surface area contributed by atoms with Gasteiger partial charge < -0.3 is 10.1 Å². The van der Waals surface area contributed by atoms with Crippen LogP contribution in [0, 0.1) is 23.3 Å². The van der Waals surface area contributed by atoms with Gasteiger partial charge in [-0.15, -0.1) is 0 Å². The Balaban J connectivity index is 1.81. The molecule has 2 heterocycles. The molecular formula is C23H18F4N4O3S2. The van der Waals surface area contributed by atoms with Crippen LogP contribution in [-0.4, -0.2) is 38.6 Å². The lowest BCUT2D eigenvalue weighted by Gasteiger charge is -2.13. The molecule has 0 saturated carbocycles. The van der Waals surface area contributed by atoms with E-state index in [1.54, 1.807) is 12.1 Å². The summed E-state index contributed by atoms with van der Waals surface area (Å²) in [5.74, 6) is -4.52. The fraction of sp³-hybridized carbons (Fsp3) is 0.130. The molecule has 13 heteroatoms. The minimum Gasteiger partial charge on any atom is -0.383 e. The molecule has 36 heavy (non-hydrogen) atoms. The summed E-state index contributed by atoms with van der Waals surface area (Å²) in [6.07, 6.45) is 3.00. The van der Waals surface area contributed by atoms with E-state index in [1.807, 2.05) is 4.72 Å². The van der Waals surface area contributed by atoms with Crippen LogP contribution in [0.5, 0.6) is 0 Å². The number of methoxy groups -OCH3 is 1. The van der Waals surface area contributed by atoms with E-state index in [0.29, 0.717) is 40.9 Å². The molecule has 0 saturated heterocycles. The Morgan fingerprint density at radius 2 is 1.72 bits per heavy atom. The smallest absolute Gasteiger partial charge is 0.265 e. The number of hydrogen-bond donors (Lipinski definition) is 2. The molecule has 0 fully saturated rings. The summed E-state index contributed by atoms with van der Waals surface area (Å²) >= 11 is 1.13. The highest BCUT2D eigenvalue weighted by Gasteiger charge is 2.27. The number of sulfonamides is 1. The molecule has 0 spiro atoms. The van der Waals surface area contributed by atoms with E-state index in [2.05, 4.69) is 15.3 Å². The number of halogens is 4. The van der Waals surface area contributed by atoms with Crippen LogP contribution in [0.3, 0.4) is 0 Å². The number of aromatic nitrogens is 2. The fourth-order valence-electron chi connectivity index (χ4n) is 3.26. The molecule has 2 aromatic carbocycles. The molecule has 0 radical (unpaired) electrons. The second kappa shape index (κ2) is 10.6. The van der Waals surface area contributed by atoms with Crippen LogP contribution in [0.15, 0.2) is 59.8 Å². The van der Waals surface area contributed by atoms with Crippen LogP contribution < -0.4 is 10.0 Å². The van der Waals surface area contributed by atoms with E-state index < -0.39 is 49.4 Å². The molecule has 0 amide bonds. The highest BCUT2D eigenvalue weighted by Crippen LogP contribution is 2.42. The van der Waals surface area contributed by atoms with Crippen molar-refractivity contribution >= 4 is 32.2 Å². The first-order valence-electron chi connectivity index (χ1n) is 10.3. The lowest BCUT2D eigenvalue weighted by molar-refractivity contribution is 0.211. The molecule has 0 aliphatic rings. The van der Waals surface area contributed by atoms with Gasteiger partial charge in [-0.25, -0.2) is 31.0 Å². The Hall–Kier alpha value is -3.55. The number of nitrogens with zero attached hydrogens (tertiary/aromatic N) is 2. The van der Waals surface area contributed by atoms with Crippen molar-refractivity contribution in [3.05, 3.63) is 78.1 Å². The van der Waals surface area contributed by atoms with Crippen molar-refractivity contribution < 1.29 is 30.7 Å². The van der Waals surface area contributed by atoms with Gasteiger partial charge in [0.05, 0.1) is 28.4 Å². The minimum atomic E-state index is -4.75. The molecule has 0 unspecified atom stereocenters. The van der Waals surface area contributed by atoms with Crippen molar-refractivity contribution in [2.75, 3.05) is 30.3 Å². The molecule has 4 rings (SSSR count). The predicted octanol–water partition coefficient (Wildman–Crippen LogP) is 5.29. The van der Waals surface area contributed by atoms with Gasteiger partial charge in [0, 0.05) is 26.0 Å². The molecule has 4 aromatic rings. The zero-order chi connectivity index (χ0) is 25.9. The number of anilines is 2. The van der Waals surface area contributed by atoms with E-state index in [1.165, 1.54) is 19.5 Å². The van der Waals surface area contributed by atoms with Crippen LogP contribution in [-0.2, 0) is 14.8 Å². The standard InChI is InChI=1S/C23H18F4N4O3S2/c1-34-11-10-29-23-30-21(22(35-23)13-6-8-28-9-7-13)19-16(26)4-5-17(20(19)27)31-36(32,33)18-12-14(24)2-3-15(18)25/h2-9,12,31H,10-11H2,1H3,(H,29,30). The first-order valence-corrected chi connectivity index (χ1v) is 12.6. The Morgan fingerprint density at radius 1 is 1.00 bits per heavy atom. The average molecular weight is 539 g/mol. The minimum absolute atomic E-state index is 0.0842. The number of ether oxygens (including phenoxy) is 1. The molecule has 7 nitrogen and oxygen atoms in total. The number of hydrogen-bond acceptors (Lipinski definition) is 7. The van der Waals surface area contributed by atoms with E-state index >= 15 is 4.39 Å². The van der Waals surface area contributed by atoms with Gasteiger partial charge in [0.1, 0.15) is 22.3 Å². The third-order valence-electron chi connectivity index (χ3n) is 4.91. The molecular weight excluding hydrogens is 520 g/mol. The first kappa shape index (κ1) is 25.5. The quantitative estimate of drug-likeness (QED) is 0.222. The van der Waals surface area contributed by atoms with Gasteiger partial charge in [-0.2, -0.15) is 0 Å². The van der Waals surface area contributed by atoms with Gasteiger partial charge >= 0.3 is 0 Å². The molecule has 0 bridgehead atoms. The summed E-state index contributed by atoms with van der Waals surface area (Å²) in [7, 11) is -3.23. The predicted molar refractivity (Wildman–Crippen MR) is 128 cm³/mol. The Kier molecular flexibility index (Phi) is 7.52. The van der Waals surface area contributed by atoms with Gasteiger partial charge in [0.25, 0.3) is 10.0 Å². The van der Waals surface area contributed by atoms with Crippen LogP contribution in [0.1, 0.15) is 0 Å². The van der Waals surface area contributed by atoms with Crippen LogP contribution >= 0.6 is 11.3 Å². The Labute approximate surface area is 207 Å². The number of thiazole rings is 1. The number of benzene rings is 2. The third-order valence-corrected chi connectivity index (χ3v) is 7.35. The molecule has 0 aliphatic heterocycles. The summed E-state index contributed by atoms with van der Waals surface area (Å²) < 4.78 is 90.5. The molecule has 2 aromatic heterocycles. The summed E-state index contributed by atoms with van der Waals surface area (Å²) in [5.41, 5.74) is -0.779. The van der Waals surface area contributed by atoms with E-state index in [4.69, 9.17) is 4.74 Å². The summed E-state index contributed by atoms with van der Waals surface area (Å²) in [6.45, 7) is 0.735. The monoisotopic (exact) mass is 538 g/mol. The lowest BCUT2D eigenvalue weighted by Crippen LogP contribution is -2.16. The summed E-state index contributed by atoms with van der Waals surface area (Å²) in [5, 5.41) is 3.35. The number of pyridine rings is 1. The van der Waals surface area contributed by atoms with Crippen LogP contribution in [0.4, 0.5) is 28.4 Å². The highest BCUT2D eigenvalue weighted by molar-refractivity contribution is 7.92. The van der Waals surface area contributed by atoms with Crippen molar-refractivity contribution in [3.63, 3.8) is 0 Å². The van der Waals surface area contributed by atoms with Gasteiger partial charge in [-0.1, -0.05) is 11.3 Å². The highest BCUT2D eigenvalue weighted by atomic mass is 32.2. The normalized spacial score (nSPS) is 11.5. The van der Waals surface area contributed by atoms with Crippen molar-refractivity contribution in [2.24, 2.45) is 0 Å². The maximum Gasteiger partial charge on any atom is 0.265 e.